The zero-order valence-corrected chi connectivity index (χ0v) is 13.3. The topological polar surface area (TPSA) is 98.5 Å². The van der Waals surface area contributed by atoms with Gasteiger partial charge in [0.15, 0.2) is 29.9 Å². The minimum atomic E-state index is -2.19. The normalized spacial score (nSPS) is 10.4. The molecule has 27 heavy (non-hydrogen) atoms. The highest BCUT2D eigenvalue weighted by Crippen LogP contribution is 2.19. The average molecular weight is 386 g/mol. The third-order valence-corrected chi connectivity index (χ3v) is 3.32. The molecule has 0 aromatic heterocycles. The van der Waals surface area contributed by atoms with Crippen molar-refractivity contribution >= 4 is 17.6 Å². The summed E-state index contributed by atoms with van der Waals surface area (Å²) in [6.07, 6.45) is 0. The van der Waals surface area contributed by atoms with Gasteiger partial charge in [-0.15, -0.1) is 0 Å². The lowest BCUT2D eigenvalue weighted by Crippen LogP contribution is -2.29. The van der Waals surface area contributed by atoms with Crippen LogP contribution >= 0.6 is 0 Å². The van der Waals surface area contributed by atoms with E-state index in [1.165, 1.54) is 24.3 Å². The number of para-hydroxylation sites is 1. The van der Waals surface area contributed by atoms with Crippen LogP contribution in [0.5, 0.6) is 0 Å². The Kier molecular flexibility index (Phi) is 6.06. The molecule has 2 aromatic rings. The molecule has 11 heteroatoms. The molecule has 0 saturated carbocycles. The van der Waals surface area contributed by atoms with E-state index in [0.717, 1.165) is 0 Å². The number of carbonyl (C=O) groups is 2. The minimum absolute atomic E-state index is 0.0985. The van der Waals surface area contributed by atoms with Crippen LogP contribution in [-0.2, 0) is 16.1 Å². The molecule has 0 saturated heterocycles. The first-order valence-corrected chi connectivity index (χ1v) is 7.21. The van der Waals surface area contributed by atoms with Crippen LogP contribution in [0.4, 0.5) is 23.2 Å². The molecule has 0 atom stereocenters. The molecule has 0 heterocycles. The molecular formula is C16H10F4N2O5. The van der Waals surface area contributed by atoms with E-state index in [2.05, 4.69) is 10.1 Å². The number of benzene rings is 2. The fourth-order valence-corrected chi connectivity index (χ4v) is 2.01. The number of amides is 1. The molecule has 0 spiro atoms. The van der Waals surface area contributed by atoms with E-state index in [-0.39, 0.29) is 23.9 Å². The number of hydrogen-bond donors (Lipinski definition) is 1. The van der Waals surface area contributed by atoms with E-state index in [1.54, 1.807) is 0 Å². The third-order valence-electron chi connectivity index (χ3n) is 3.32. The molecule has 142 valence electrons. The fourth-order valence-electron chi connectivity index (χ4n) is 2.01. The maximum Gasteiger partial charge on any atom is 0.341 e. The van der Waals surface area contributed by atoms with Crippen molar-refractivity contribution in [1.82, 2.24) is 5.32 Å². The monoisotopic (exact) mass is 386 g/mol. The Hall–Kier alpha value is -3.50. The first kappa shape index (κ1) is 19.8. The van der Waals surface area contributed by atoms with E-state index in [9.17, 15) is 37.3 Å². The average Bonchev–Trinajstić information content (AvgIpc) is 2.65. The molecule has 0 bridgehead atoms. The second-order valence-electron chi connectivity index (χ2n) is 5.09. The molecule has 1 amide bonds. The largest absolute Gasteiger partial charge is 0.452 e. The molecule has 0 radical (unpaired) electrons. The van der Waals surface area contributed by atoms with Crippen LogP contribution in [-0.4, -0.2) is 23.4 Å². The van der Waals surface area contributed by atoms with Gasteiger partial charge in [0.2, 0.25) is 0 Å². The lowest BCUT2D eigenvalue weighted by atomic mass is 10.2. The summed E-state index contributed by atoms with van der Waals surface area (Å²) in [6.45, 7) is -1.22. The van der Waals surface area contributed by atoms with E-state index in [4.69, 9.17) is 0 Å². The second-order valence-corrected chi connectivity index (χ2v) is 5.09. The number of halogens is 4. The summed E-state index contributed by atoms with van der Waals surface area (Å²) < 4.78 is 56.9. The van der Waals surface area contributed by atoms with Gasteiger partial charge in [0.1, 0.15) is 5.56 Å². The van der Waals surface area contributed by atoms with Crippen LogP contribution in [0.15, 0.2) is 30.3 Å². The van der Waals surface area contributed by atoms with Gasteiger partial charge in [0.25, 0.3) is 11.6 Å². The molecule has 0 unspecified atom stereocenters. The molecule has 2 aromatic carbocycles. The van der Waals surface area contributed by atoms with E-state index in [0.29, 0.717) is 0 Å². The maximum atomic E-state index is 13.5. The molecule has 7 nitrogen and oxygen atoms in total. The molecule has 0 fully saturated rings. The number of nitrogens with one attached hydrogen (secondary N) is 1. The Morgan fingerprint density at radius 3 is 2.41 bits per heavy atom. The summed E-state index contributed by atoms with van der Waals surface area (Å²) in [5.74, 6) is -10.5. The van der Waals surface area contributed by atoms with Crippen LogP contribution in [0.1, 0.15) is 15.9 Å². The minimum Gasteiger partial charge on any atom is -0.452 e. The van der Waals surface area contributed by atoms with Crippen LogP contribution in [0.2, 0.25) is 0 Å². The van der Waals surface area contributed by atoms with Crippen molar-refractivity contribution in [1.29, 1.82) is 0 Å². The quantitative estimate of drug-likeness (QED) is 0.206. The van der Waals surface area contributed by atoms with Crippen LogP contribution in [0, 0.1) is 33.4 Å². The van der Waals surface area contributed by atoms with Gasteiger partial charge in [-0.05, 0) is 6.07 Å². The Morgan fingerprint density at radius 1 is 1.07 bits per heavy atom. The van der Waals surface area contributed by atoms with E-state index < -0.39 is 52.2 Å². The Bertz CT molecular complexity index is 920. The van der Waals surface area contributed by atoms with Crippen molar-refractivity contribution in [3.63, 3.8) is 0 Å². The molecule has 0 aliphatic heterocycles. The Balaban J connectivity index is 1.97. The van der Waals surface area contributed by atoms with E-state index >= 15 is 0 Å². The summed E-state index contributed by atoms with van der Waals surface area (Å²) in [4.78, 5) is 33.5. The predicted octanol–water partition coefficient (Wildman–Crippen LogP) is 2.62. The number of esters is 1. The first-order valence-electron chi connectivity index (χ1n) is 7.21. The number of carbonyl (C=O) groups excluding carboxylic acids is 2. The highest BCUT2D eigenvalue weighted by molar-refractivity contribution is 5.91. The number of hydrogen-bond acceptors (Lipinski definition) is 5. The zero-order valence-electron chi connectivity index (χ0n) is 13.3. The second kappa shape index (κ2) is 8.25. The van der Waals surface area contributed by atoms with Crippen LogP contribution < -0.4 is 5.32 Å². The van der Waals surface area contributed by atoms with Crippen LogP contribution in [0.25, 0.3) is 0 Å². The van der Waals surface area contributed by atoms with Crippen molar-refractivity contribution in [3.05, 3.63) is 74.8 Å². The Morgan fingerprint density at radius 2 is 1.74 bits per heavy atom. The van der Waals surface area contributed by atoms with Gasteiger partial charge >= 0.3 is 5.97 Å². The SMILES string of the molecule is O=C(COC(=O)c1cc(F)c(F)c(F)c1F)NCc1ccccc1[N+](=O)[O-]. The maximum absolute atomic E-state index is 13.5. The van der Waals surface area contributed by atoms with Gasteiger partial charge in [-0.2, -0.15) is 0 Å². The van der Waals surface area contributed by atoms with Crippen molar-refractivity contribution in [2.45, 2.75) is 6.54 Å². The molecular weight excluding hydrogens is 376 g/mol. The number of rotatable bonds is 6. The van der Waals surface area contributed by atoms with Crippen LogP contribution in [0.3, 0.4) is 0 Å². The van der Waals surface area contributed by atoms with E-state index in [1.807, 2.05) is 0 Å². The van der Waals surface area contributed by atoms with Gasteiger partial charge in [-0.1, -0.05) is 18.2 Å². The number of nitrogens with zero attached hydrogens (tertiary/aromatic N) is 1. The Labute approximate surface area is 148 Å². The molecule has 2 rings (SSSR count). The van der Waals surface area contributed by atoms with Crippen molar-refractivity contribution in [3.8, 4) is 0 Å². The predicted molar refractivity (Wildman–Crippen MR) is 81.5 cm³/mol. The summed E-state index contributed by atoms with van der Waals surface area (Å²) in [5.41, 5.74) is -1.29. The van der Waals surface area contributed by atoms with Gasteiger partial charge < -0.3 is 10.1 Å². The fraction of sp³-hybridized carbons (Fsp3) is 0.125. The number of nitro groups is 1. The lowest BCUT2D eigenvalue weighted by molar-refractivity contribution is -0.385. The highest BCUT2D eigenvalue weighted by Gasteiger charge is 2.24. The summed E-state index contributed by atoms with van der Waals surface area (Å²) >= 11 is 0. The van der Waals surface area contributed by atoms with Gasteiger partial charge in [-0.3, -0.25) is 14.9 Å². The molecule has 0 aliphatic carbocycles. The summed E-state index contributed by atoms with van der Waals surface area (Å²) in [5, 5.41) is 13.1. The smallest absolute Gasteiger partial charge is 0.341 e. The van der Waals surface area contributed by atoms with Gasteiger partial charge in [0, 0.05) is 18.2 Å². The van der Waals surface area contributed by atoms with Crippen molar-refractivity contribution in [2.24, 2.45) is 0 Å². The third kappa shape index (κ3) is 4.57. The standard InChI is InChI=1S/C16H10F4N2O5/c17-10-5-9(13(18)15(20)14(10)19)16(24)27-7-12(23)21-6-8-3-1-2-4-11(8)22(25)26/h1-5H,6-7H2,(H,21,23). The highest BCUT2D eigenvalue weighted by atomic mass is 19.2. The summed E-state index contributed by atoms with van der Waals surface area (Å²) in [7, 11) is 0. The van der Waals surface area contributed by atoms with Crippen molar-refractivity contribution < 1.29 is 36.8 Å². The van der Waals surface area contributed by atoms with Gasteiger partial charge in [-0.25, -0.2) is 22.4 Å². The van der Waals surface area contributed by atoms with Gasteiger partial charge in [0.05, 0.1) is 4.92 Å². The lowest BCUT2D eigenvalue weighted by Gasteiger charge is -2.08. The number of nitro benzene ring substituents is 1. The zero-order chi connectivity index (χ0) is 20.1. The molecule has 0 aliphatic rings. The van der Waals surface area contributed by atoms with Crippen molar-refractivity contribution in [2.75, 3.05) is 6.61 Å². The number of ether oxygens (including phenoxy) is 1. The summed E-state index contributed by atoms with van der Waals surface area (Å²) in [6, 6.07) is 5.66. The molecule has 1 N–H and O–H groups in total. The first-order chi connectivity index (χ1) is 12.7.